The molecule has 11 nitrogen and oxygen atoms in total. The van der Waals surface area contributed by atoms with E-state index in [4.69, 9.17) is 18.9 Å². The van der Waals surface area contributed by atoms with Crippen LogP contribution in [0.2, 0.25) is 0 Å². The quantitative estimate of drug-likeness (QED) is 0.254. The van der Waals surface area contributed by atoms with Gasteiger partial charge in [0.2, 0.25) is 5.91 Å². The van der Waals surface area contributed by atoms with Gasteiger partial charge in [-0.25, -0.2) is 0 Å². The summed E-state index contributed by atoms with van der Waals surface area (Å²) in [5.41, 5.74) is 0.970. The molecule has 2 saturated heterocycles. The Morgan fingerprint density at radius 1 is 1.18 bits per heavy atom. The smallest absolute Gasteiger partial charge is 0.252 e. The van der Waals surface area contributed by atoms with Gasteiger partial charge in [-0.1, -0.05) is 0 Å². The van der Waals surface area contributed by atoms with Crippen LogP contribution in [-0.2, 0) is 25.7 Å². The summed E-state index contributed by atoms with van der Waals surface area (Å²) in [6.45, 7) is 1.05. The number of hydrogen-bond acceptors (Lipinski definition) is 9. The lowest BCUT2D eigenvalue weighted by atomic mass is 9.87. The molecular weight excluding hydrogens is 623 g/mol. The summed E-state index contributed by atoms with van der Waals surface area (Å²) in [5.74, 6) is 0.0739. The number of nitrogens with zero attached hydrogens (tertiary/aromatic N) is 1. The molecule has 0 aromatic heterocycles. The number of rotatable bonds is 11. The summed E-state index contributed by atoms with van der Waals surface area (Å²) in [5, 5.41) is 33.1. The molecule has 4 rings (SSSR count). The number of ether oxygens (including phenoxy) is 4. The van der Waals surface area contributed by atoms with E-state index in [0.29, 0.717) is 45.8 Å². The highest BCUT2D eigenvalue weighted by Gasteiger charge is 2.44. The lowest BCUT2D eigenvalue weighted by Gasteiger charge is -2.42. The first kappa shape index (κ1) is 30.0. The van der Waals surface area contributed by atoms with Gasteiger partial charge in [0.1, 0.15) is 18.3 Å². The zero-order chi connectivity index (χ0) is 27.9. The average Bonchev–Trinajstić information content (AvgIpc) is 3.67. The van der Waals surface area contributed by atoms with Gasteiger partial charge >= 0.3 is 0 Å². The fraction of sp³-hybridized carbons (Fsp3) is 0.630. The van der Waals surface area contributed by atoms with Gasteiger partial charge in [-0.3, -0.25) is 9.59 Å². The van der Waals surface area contributed by atoms with E-state index >= 15 is 0 Å². The number of aliphatic hydroxyl groups is 3. The molecular formula is C27H37IN2O9. The fourth-order valence-corrected chi connectivity index (χ4v) is 6.04. The highest BCUT2D eigenvalue weighted by molar-refractivity contribution is 14.1. The molecule has 39 heavy (non-hydrogen) atoms. The maximum Gasteiger partial charge on any atom is 0.252 e. The van der Waals surface area contributed by atoms with Crippen LogP contribution in [0, 0.1) is 3.57 Å². The number of amides is 2. The number of nitrogens with one attached hydrogen (secondary N) is 1. The topological polar surface area (TPSA) is 147 Å². The van der Waals surface area contributed by atoms with Crippen LogP contribution in [0.5, 0.6) is 11.5 Å². The molecule has 0 spiro atoms. The number of carbonyl (C=O) groups is 2. The van der Waals surface area contributed by atoms with Gasteiger partial charge in [0, 0.05) is 38.3 Å². The number of halogens is 1. The van der Waals surface area contributed by atoms with E-state index in [1.807, 2.05) is 0 Å². The number of carbonyl (C=O) groups excluding carboxylic acids is 2. The largest absolute Gasteiger partial charge is 0.493 e. The minimum Gasteiger partial charge on any atom is -0.493 e. The summed E-state index contributed by atoms with van der Waals surface area (Å²) >= 11 is 2.06. The Labute approximate surface area is 241 Å². The molecule has 2 fully saturated rings. The van der Waals surface area contributed by atoms with Gasteiger partial charge < -0.3 is 44.5 Å². The predicted octanol–water partition coefficient (Wildman–Crippen LogP) is 0.894. The lowest BCUT2D eigenvalue weighted by Crippen LogP contribution is -2.58. The Morgan fingerprint density at radius 3 is 2.59 bits per heavy atom. The van der Waals surface area contributed by atoms with E-state index in [1.165, 1.54) is 7.11 Å². The van der Waals surface area contributed by atoms with Crippen molar-refractivity contribution < 1.29 is 43.9 Å². The van der Waals surface area contributed by atoms with Gasteiger partial charge in [-0.15, -0.1) is 0 Å². The molecule has 0 bridgehead atoms. The number of aliphatic hydroxyl groups excluding tert-OH is 3. The first-order valence-corrected chi connectivity index (χ1v) is 14.4. The molecule has 1 aliphatic carbocycles. The van der Waals surface area contributed by atoms with Crippen LogP contribution in [-0.4, -0.2) is 103 Å². The molecule has 4 N–H and O–H groups in total. The molecule has 1 aromatic carbocycles. The fourth-order valence-electron chi connectivity index (χ4n) is 5.25. The van der Waals surface area contributed by atoms with Crippen LogP contribution in [0.25, 0.3) is 0 Å². The third kappa shape index (κ3) is 7.22. The maximum atomic E-state index is 13.7. The van der Waals surface area contributed by atoms with Crippen LogP contribution in [0.4, 0.5) is 0 Å². The highest BCUT2D eigenvalue weighted by Crippen LogP contribution is 2.37. The molecule has 2 aliphatic heterocycles. The molecule has 1 aromatic rings. The van der Waals surface area contributed by atoms with Crippen molar-refractivity contribution in [1.82, 2.24) is 10.2 Å². The van der Waals surface area contributed by atoms with Crippen molar-refractivity contribution in [2.24, 2.45) is 0 Å². The molecule has 2 heterocycles. The number of methoxy groups -OCH3 is 1. The SMILES string of the molecule is COc1cc(CO)cc(I)c1OC1C=C(C(=O)NCCO)CC(N(CC2CCCO2)C(=O)C2CCCO2)C1O. The zero-order valence-corrected chi connectivity index (χ0v) is 24.2. The summed E-state index contributed by atoms with van der Waals surface area (Å²) in [7, 11) is 1.48. The summed E-state index contributed by atoms with van der Waals surface area (Å²) < 4.78 is 24.0. The van der Waals surface area contributed by atoms with Gasteiger partial charge in [0.05, 0.1) is 36.0 Å². The van der Waals surface area contributed by atoms with Crippen LogP contribution in [0.15, 0.2) is 23.8 Å². The monoisotopic (exact) mass is 660 g/mol. The van der Waals surface area contributed by atoms with E-state index in [9.17, 15) is 24.9 Å². The Kier molecular flexibility index (Phi) is 10.8. The van der Waals surface area contributed by atoms with Crippen LogP contribution >= 0.6 is 22.6 Å². The second-order valence-electron chi connectivity index (χ2n) is 9.91. The Bertz CT molecular complexity index is 1040. The highest BCUT2D eigenvalue weighted by atomic mass is 127. The van der Waals surface area contributed by atoms with E-state index in [2.05, 4.69) is 27.9 Å². The van der Waals surface area contributed by atoms with Crippen molar-refractivity contribution in [3.05, 3.63) is 32.9 Å². The minimum atomic E-state index is -1.18. The first-order chi connectivity index (χ1) is 18.9. The van der Waals surface area contributed by atoms with Crippen molar-refractivity contribution in [3.63, 3.8) is 0 Å². The number of benzene rings is 1. The van der Waals surface area contributed by atoms with E-state index in [1.54, 1.807) is 23.1 Å². The van der Waals surface area contributed by atoms with E-state index < -0.39 is 30.3 Å². The minimum absolute atomic E-state index is 0.0672. The van der Waals surface area contributed by atoms with E-state index in [-0.39, 0.29) is 44.7 Å². The molecule has 5 unspecified atom stereocenters. The Morgan fingerprint density at radius 2 is 1.95 bits per heavy atom. The molecule has 0 saturated carbocycles. The molecule has 2 amide bonds. The Hall–Kier alpha value is -1.97. The van der Waals surface area contributed by atoms with E-state index in [0.717, 1.165) is 19.3 Å². The third-order valence-electron chi connectivity index (χ3n) is 7.25. The molecule has 5 atom stereocenters. The second kappa shape index (κ2) is 14.1. The van der Waals surface area contributed by atoms with Crippen molar-refractivity contribution in [3.8, 4) is 11.5 Å². The standard InChI is InChI=1S/C27H37IN2O9/c1-36-23-11-16(15-32)10-19(28)25(23)39-22-13-17(26(34)29-6-7-31)12-20(24(22)33)30(14-18-4-2-8-37-18)27(35)21-5-3-9-38-21/h10-11,13,18,20-22,24,31-33H,2-9,12,14-15H2,1H3,(H,29,34). The van der Waals surface area contributed by atoms with Crippen molar-refractivity contribution >= 4 is 34.4 Å². The number of hydrogen-bond donors (Lipinski definition) is 4. The normalized spacial score (nSPS) is 26.7. The molecule has 3 aliphatic rings. The van der Waals surface area contributed by atoms with Crippen LogP contribution in [0.3, 0.4) is 0 Å². The molecule has 216 valence electrons. The molecule has 0 radical (unpaired) electrons. The van der Waals surface area contributed by atoms with Gasteiger partial charge in [-0.2, -0.15) is 0 Å². The van der Waals surface area contributed by atoms with Crippen LogP contribution in [0.1, 0.15) is 37.7 Å². The van der Waals surface area contributed by atoms with Crippen molar-refractivity contribution in [1.29, 1.82) is 0 Å². The first-order valence-electron chi connectivity index (χ1n) is 13.3. The second-order valence-corrected chi connectivity index (χ2v) is 11.1. The van der Waals surface area contributed by atoms with Gasteiger partial charge in [0.25, 0.3) is 5.91 Å². The maximum absolute atomic E-state index is 13.7. The summed E-state index contributed by atoms with van der Waals surface area (Å²) in [6, 6.07) is 2.61. The summed E-state index contributed by atoms with van der Waals surface area (Å²) in [6.07, 6.45) is 1.76. The van der Waals surface area contributed by atoms with Gasteiger partial charge in [-0.05, 0) is 72.0 Å². The summed E-state index contributed by atoms with van der Waals surface area (Å²) in [4.78, 5) is 28.4. The third-order valence-corrected chi connectivity index (χ3v) is 8.05. The van der Waals surface area contributed by atoms with Crippen molar-refractivity contribution in [2.75, 3.05) is 40.0 Å². The average molecular weight is 661 g/mol. The Balaban J connectivity index is 1.68. The van der Waals surface area contributed by atoms with Gasteiger partial charge in [0.15, 0.2) is 11.5 Å². The van der Waals surface area contributed by atoms with Crippen LogP contribution < -0.4 is 14.8 Å². The zero-order valence-electron chi connectivity index (χ0n) is 22.0. The molecule has 12 heteroatoms. The lowest BCUT2D eigenvalue weighted by molar-refractivity contribution is -0.150. The predicted molar refractivity (Wildman–Crippen MR) is 148 cm³/mol. The van der Waals surface area contributed by atoms with Crippen molar-refractivity contribution in [2.45, 2.75) is 69.2 Å².